The fourth-order valence-electron chi connectivity index (χ4n) is 2.52. The zero-order valence-corrected chi connectivity index (χ0v) is 17.3. The van der Waals surface area contributed by atoms with E-state index in [1.807, 2.05) is 50.2 Å². The van der Waals surface area contributed by atoms with E-state index in [0.29, 0.717) is 11.3 Å². The normalized spacial score (nSPS) is 11.3. The van der Waals surface area contributed by atoms with Gasteiger partial charge in [0.2, 0.25) is 0 Å². The molecule has 29 heavy (non-hydrogen) atoms. The summed E-state index contributed by atoms with van der Waals surface area (Å²) in [7, 11) is 2.66. The van der Waals surface area contributed by atoms with E-state index in [1.54, 1.807) is 13.0 Å². The Morgan fingerprint density at radius 1 is 1.03 bits per heavy atom. The van der Waals surface area contributed by atoms with Gasteiger partial charge in [-0.2, -0.15) is 0 Å². The SMILES string of the molecule is CO/N=C(/C(=O)OC)c1cccc(C)c1CO/N=C(\C)C#Cc1ccc(C)cc1. The van der Waals surface area contributed by atoms with E-state index >= 15 is 0 Å². The summed E-state index contributed by atoms with van der Waals surface area (Å²) in [5, 5.41) is 7.87. The molecule has 0 bridgehead atoms. The lowest BCUT2D eigenvalue weighted by Gasteiger charge is -2.12. The Bertz CT molecular complexity index is 980. The zero-order chi connectivity index (χ0) is 21.2. The van der Waals surface area contributed by atoms with E-state index in [0.717, 1.165) is 16.7 Å². The second kappa shape index (κ2) is 10.7. The number of esters is 1. The number of oxime groups is 2. The molecule has 0 N–H and O–H groups in total. The summed E-state index contributed by atoms with van der Waals surface area (Å²) >= 11 is 0. The molecule has 6 nitrogen and oxygen atoms in total. The highest BCUT2D eigenvalue weighted by Gasteiger charge is 2.20. The van der Waals surface area contributed by atoms with Crippen LogP contribution < -0.4 is 0 Å². The molecule has 6 heteroatoms. The highest BCUT2D eigenvalue weighted by molar-refractivity contribution is 6.43. The van der Waals surface area contributed by atoms with Crippen molar-refractivity contribution in [1.82, 2.24) is 0 Å². The van der Waals surface area contributed by atoms with Crippen molar-refractivity contribution in [2.24, 2.45) is 10.3 Å². The predicted octanol–water partition coefficient (Wildman–Crippen LogP) is 3.77. The Morgan fingerprint density at radius 3 is 2.41 bits per heavy atom. The van der Waals surface area contributed by atoms with Crippen LogP contribution in [0.2, 0.25) is 0 Å². The van der Waals surface area contributed by atoms with E-state index < -0.39 is 5.97 Å². The molecule has 2 rings (SSSR count). The molecule has 0 heterocycles. The molecule has 2 aromatic carbocycles. The molecule has 150 valence electrons. The van der Waals surface area contributed by atoms with Crippen LogP contribution >= 0.6 is 0 Å². The minimum Gasteiger partial charge on any atom is -0.464 e. The molecule has 0 unspecified atom stereocenters. The summed E-state index contributed by atoms with van der Waals surface area (Å²) < 4.78 is 4.80. The van der Waals surface area contributed by atoms with Crippen molar-refractivity contribution in [3.05, 3.63) is 70.3 Å². The van der Waals surface area contributed by atoms with Crippen LogP contribution in [-0.4, -0.2) is 31.6 Å². The van der Waals surface area contributed by atoms with Gasteiger partial charge in [0.1, 0.15) is 19.4 Å². The maximum absolute atomic E-state index is 12.1. The third-order valence-corrected chi connectivity index (χ3v) is 4.08. The number of carbonyl (C=O) groups is 1. The molecule has 0 fully saturated rings. The zero-order valence-electron chi connectivity index (χ0n) is 17.3. The van der Waals surface area contributed by atoms with Crippen LogP contribution in [0.15, 0.2) is 52.8 Å². The Labute approximate surface area is 171 Å². The summed E-state index contributed by atoms with van der Waals surface area (Å²) in [5.41, 5.74) is 4.95. The first kappa shape index (κ1) is 21.7. The van der Waals surface area contributed by atoms with Crippen LogP contribution in [0, 0.1) is 25.7 Å². The highest BCUT2D eigenvalue weighted by Crippen LogP contribution is 2.18. The monoisotopic (exact) mass is 392 g/mol. The van der Waals surface area contributed by atoms with Gasteiger partial charge in [-0.15, -0.1) is 0 Å². The number of hydrogen-bond donors (Lipinski definition) is 0. The Balaban J connectivity index is 2.18. The Morgan fingerprint density at radius 2 is 1.76 bits per heavy atom. The van der Waals surface area contributed by atoms with Gasteiger partial charge in [-0.25, -0.2) is 4.79 Å². The third-order valence-electron chi connectivity index (χ3n) is 4.08. The van der Waals surface area contributed by atoms with Crippen molar-refractivity contribution < 1.29 is 19.2 Å². The number of ether oxygens (including phenoxy) is 1. The Hall–Kier alpha value is -3.59. The lowest BCUT2D eigenvalue weighted by Crippen LogP contribution is -2.20. The van der Waals surface area contributed by atoms with E-state index in [9.17, 15) is 4.79 Å². The van der Waals surface area contributed by atoms with Gasteiger partial charge < -0.3 is 14.4 Å². The Kier molecular flexibility index (Phi) is 7.99. The average Bonchev–Trinajstić information content (AvgIpc) is 2.72. The lowest BCUT2D eigenvalue weighted by atomic mass is 9.99. The second-order valence-corrected chi connectivity index (χ2v) is 6.28. The molecule has 0 radical (unpaired) electrons. The van der Waals surface area contributed by atoms with Crippen LogP contribution in [-0.2, 0) is 25.8 Å². The minimum absolute atomic E-state index is 0.0668. The second-order valence-electron chi connectivity index (χ2n) is 6.28. The first-order chi connectivity index (χ1) is 14.0. The van der Waals surface area contributed by atoms with Crippen LogP contribution in [0.3, 0.4) is 0 Å². The molecule has 0 saturated carbocycles. The van der Waals surface area contributed by atoms with Gasteiger partial charge >= 0.3 is 5.97 Å². The highest BCUT2D eigenvalue weighted by atomic mass is 16.6. The van der Waals surface area contributed by atoms with Gasteiger partial charge in [0.25, 0.3) is 0 Å². The number of carbonyl (C=O) groups excluding carboxylic acids is 1. The van der Waals surface area contributed by atoms with Crippen molar-refractivity contribution >= 4 is 17.4 Å². The van der Waals surface area contributed by atoms with E-state index in [2.05, 4.69) is 22.2 Å². The van der Waals surface area contributed by atoms with Gasteiger partial charge in [0, 0.05) is 16.7 Å². The smallest absolute Gasteiger partial charge is 0.360 e. The topological polar surface area (TPSA) is 69.5 Å². The van der Waals surface area contributed by atoms with Crippen LogP contribution in [0.1, 0.15) is 34.7 Å². The molecule has 0 saturated heterocycles. The summed E-state index contributed by atoms with van der Waals surface area (Å²) in [4.78, 5) is 22.4. The average molecular weight is 392 g/mol. The van der Waals surface area contributed by atoms with Crippen molar-refractivity contribution in [3.8, 4) is 11.8 Å². The number of nitrogens with zero attached hydrogens (tertiary/aromatic N) is 2. The number of benzene rings is 2. The summed E-state index contributed by atoms with van der Waals surface area (Å²) in [5.74, 6) is 5.41. The standard InChI is InChI=1S/C23H24N2O4/c1-16-9-12-19(13-10-16)14-11-18(3)24-29-15-21-17(2)7-6-8-20(21)22(25-28-5)23(26)27-4/h6-10,12-13H,15H2,1-5H3/b24-18+,25-22+. The van der Waals surface area contributed by atoms with E-state index in [1.165, 1.54) is 19.8 Å². The first-order valence-electron chi connectivity index (χ1n) is 8.99. The molecule has 0 aromatic heterocycles. The van der Waals surface area contributed by atoms with Crippen molar-refractivity contribution in [2.45, 2.75) is 27.4 Å². The maximum Gasteiger partial charge on any atom is 0.360 e. The number of aryl methyl sites for hydroxylation is 2. The maximum atomic E-state index is 12.1. The van der Waals surface area contributed by atoms with E-state index in [-0.39, 0.29) is 12.3 Å². The van der Waals surface area contributed by atoms with Gasteiger partial charge in [0.15, 0.2) is 5.71 Å². The molecule has 0 amide bonds. The van der Waals surface area contributed by atoms with E-state index in [4.69, 9.17) is 14.4 Å². The lowest BCUT2D eigenvalue weighted by molar-refractivity contribution is -0.132. The molecule has 0 atom stereocenters. The van der Waals surface area contributed by atoms with Crippen molar-refractivity contribution in [3.63, 3.8) is 0 Å². The molecule has 2 aromatic rings. The van der Waals surface area contributed by atoms with Gasteiger partial charge in [0.05, 0.1) is 7.11 Å². The van der Waals surface area contributed by atoms with Gasteiger partial charge in [-0.3, -0.25) is 0 Å². The van der Waals surface area contributed by atoms with Crippen LogP contribution in [0.5, 0.6) is 0 Å². The summed E-state index contributed by atoms with van der Waals surface area (Å²) in [6.45, 7) is 5.86. The van der Waals surface area contributed by atoms with Crippen LogP contribution in [0.4, 0.5) is 0 Å². The van der Waals surface area contributed by atoms with Gasteiger partial charge in [-0.05, 0) is 44.4 Å². The number of hydrogen-bond acceptors (Lipinski definition) is 6. The summed E-state index contributed by atoms with van der Waals surface area (Å²) in [6, 6.07) is 13.4. The number of methoxy groups -OCH3 is 1. The van der Waals surface area contributed by atoms with Gasteiger partial charge in [-0.1, -0.05) is 52.1 Å². The number of rotatable bonds is 6. The quantitative estimate of drug-likeness (QED) is 0.325. The minimum atomic E-state index is -0.595. The molecule has 0 aliphatic heterocycles. The molecular formula is C23H24N2O4. The van der Waals surface area contributed by atoms with Crippen LogP contribution in [0.25, 0.3) is 0 Å². The fraction of sp³-hybridized carbons (Fsp3) is 0.261. The molecule has 0 aliphatic carbocycles. The first-order valence-corrected chi connectivity index (χ1v) is 8.99. The largest absolute Gasteiger partial charge is 0.464 e. The summed E-state index contributed by atoms with van der Waals surface area (Å²) in [6.07, 6.45) is 0. The molecule has 0 spiro atoms. The third kappa shape index (κ3) is 6.22. The van der Waals surface area contributed by atoms with Crippen molar-refractivity contribution in [1.29, 1.82) is 0 Å². The predicted molar refractivity (Wildman–Crippen MR) is 113 cm³/mol. The molecule has 0 aliphatic rings. The molecular weight excluding hydrogens is 368 g/mol. The van der Waals surface area contributed by atoms with Crippen molar-refractivity contribution in [2.75, 3.05) is 14.2 Å². The fourth-order valence-corrected chi connectivity index (χ4v) is 2.52.